The zero-order chi connectivity index (χ0) is 9.97. The van der Waals surface area contributed by atoms with Gasteiger partial charge in [-0.2, -0.15) is 0 Å². The summed E-state index contributed by atoms with van der Waals surface area (Å²) in [5.41, 5.74) is 13.0. The van der Waals surface area contributed by atoms with Gasteiger partial charge in [-0.25, -0.2) is 0 Å². The second kappa shape index (κ2) is 3.51. The molecule has 1 heterocycles. The number of nitrogens with two attached hydrogens (primary N) is 2. The number of anilines is 1. The molecule has 14 heavy (non-hydrogen) atoms. The molecule has 4 heteroatoms. The van der Waals surface area contributed by atoms with Crippen LogP contribution in [0.25, 0.3) is 0 Å². The van der Waals surface area contributed by atoms with E-state index in [1.54, 1.807) is 6.07 Å². The number of hydrogen-bond acceptors (Lipinski definition) is 4. The Bertz CT molecular complexity index is 410. The van der Waals surface area contributed by atoms with Gasteiger partial charge in [0.05, 0.1) is 6.04 Å². The number of benzene rings is 1. The van der Waals surface area contributed by atoms with Gasteiger partial charge in [-0.3, -0.25) is 0 Å². The summed E-state index contributed by atoms with van der Waals surface area (Å²) in [6, 6.07) is 11.0. The van der Waals surface area contributed by atoms with Gasteiger partial charge in [0, 0.05) is 6.07 Å². The van der Waals surface area contributed by atoms with Crippen molar-refractivity contribution in [3.05, 3.63) is 47.7 Å². The summed E-state index contributed by atoms with van der Waals surface area (Å²) in [6.07, 6.45) is 0. The normalized spacial score (nSPS) is 12.6. The monoisotopic (exact) mass is 189 g/mol. The zero-order valence-corrected chi connectivity index (χ0v) is 7.55. The van der Waals surface area contributed by atoms with E-state index in [0.29, 0.717) is 5.69 Å². The molecule has 0 fully saturated rings. The van der Waals surface area contributed by atoms with Crippen LogP contribution in [0.3, 0.4) is 0 Å². The summed E-state index contributed by atoms with van der Waals surface area (Å²) in [5, 5.41) is 3.77. The Morgan fingerprint density at radius 3 is 2.50 bits per heavy atom. The molecular formula is C10H11N3O. The first-order valence-electron chi connectivity index (χ1n) is 4.30. The largest absolute Gasteiger partial charge is 0.368 e. The lowest BCUT2D eigenvalue weighted by Crippen LogP contribution is -2.11. The lowest BCUT2D eigenvalue weighted by molar-refractivity contribution is 0.424. The summed E-state index contributed by atoms with van der Waals surface area (Å²) in [5.74, 6) is 0.284. The number of hydrogen-bond donors (Lipinski definition) is 2. The van der Waals surface area contributed by atoms with Crippen molar-refractivity contribution in [1.82, 2.24) is 5.16 Å². The van der Waals surface area contributed by atoms with E-state index in [9.17, 15) is 0 Å². The molecule has 4 nitrogen and oxygen atoms in total. The van der Waals surface area contributed by atoms with E-state index >= 15 is 0 Å². The van der Waals surface area contributed by atoms with Crippen molar-refractivity contribution in [3.8, 4) is 0 Å². The van der Waals surface area contributed by atoms with Crippen LogP contribution in [-0.4, -0.2) is 5.16 Å². The van der Waals surface area contributed by atoms with Crippen molar-refractivity contribution < 1.29 is 4.52 Å². The highest BCUT2D eigenvalue weighted by Gasteiger charge is 2.12. The number of nitrogens with zero attached hydrogens (tertiary/aromatic N) is 1. The van der Waals surface area contributed by atoms with Gasteiger partial charge in [-0.15, -0.1) is 0 Å². The molecule has 2 aromatic rings. The van der Waals surface area contributed by atoms with Gasteiger partial charge < -0.3 is 16.0 Å². The molecule has 2 rings (SSSR count). The van der Waals surface area contributed by atoms with Crippen molar-refractivity contribution in [2.24, 2.45) is 5.73 Å². The molecule has 4 N–H and O–H groups in total. The Labute approximate surface area is 81.5 Å². The molecule has 0 aliphatic rings. The van der Waals surface area contributed by atoms with Crippen LogP contribution in [0.1, 0.15) is 17.3 Å². The fourth-order valence-corrected chi connectivity index (χ4v) is 1.28. The molecule has 0 amide bonds. The molecule has 1 aromatic heterocycles. The summed E-state index contributed by atoms with van der Waals surface area (Å²) in [4.78, 5) is 0. The van der Waals surface area contributed by atoms with E-state index in [0.717, 1.165) is 5.56 Å². The third-order valence-electron chi connectivity index (χ3n) is 2.02. The molecule has 0 bridgehead atoms. The maximum Gasteiger partial charge on any atom is 0.222 e. The van der Waals surface area contributed by atoms with Crippen molar-refractivity contribution in [3.63, 3.8) is 0 Å². The molecule has 0 aliphatic carbocycles. The number of rotatable bonds is 2. The Hall–Kier alpha value is -1.81. The summed E-state index contributed by atoms with van der Waals surface area (Å²) >= 11 is 0. The van der Waals surface area contributed by atoms with Gasteiger partial charge >= 0.3 is 0 Å². The molecule has 0 aliphatic heterocycles. The first kappa shape index (κ1) is 8.77. The van der Waals surface area contributed by atoms with Crippen LogP contribution in [0.2, 0.25) is 0 Å². The minimum Gasteiger partial charge on any atom is -0.368 e. The van der Waals surface area contributed by atoms with Gasteiger partial charge in [0.2, 0.25) is 5.88 Å². The number of nitrogen functional groups attached to an aromatic ring is 1. The van der Waals surface area contributed by atoms with Crippen molar-refractivity contribution in [2.75, 3.05) is 5.73 Å². The second-order valence-corrected chi connectivity index (χ2v) is 3.04. The Kier molecular flexibility index (Phi) is 2.20. The van der Waals surface area contributed by atoms with Crippen LogP contribution >= 0.6 is 0 Å². The number of aromatic nitrogens is 1. The standard InChI is InChI=1S/C10H11N3O/c11-9-6-8(13-14-9)10(12)7-4-2-1-3-5-7/h1-6,10H,11-12H2. The van der Waals surface area contributed by atoms with Crippen LogP contribution < -0.4 is 11.5 Å². The summed E-state index contributed by atoms with van der Waals surface area (Å²) < 4.78 is 4.75. The lowest BCUT2D eigenvalue weighted by Gasteiger charge is -2.06. The smallest absolute Gasteiger partial charge is 0.222 e. The van der Waals surface area contributed by atoms with Crippen LogP contribution in [0.15, 0.2) is 40.9 Å². The molecule has 0 spiro atoms. The fourth-order valence-electron chi connectivity index (χ4n) is 1.28. The topological polar surface area (TPSA) is 78.1 Å². The molecule has 0 saturated carbocycles. The van der Waals surface area contributed by atoms with E-state index in [1.807, 2.05) is 30.3 Å². The highest BCUT2D eigenvalue weighted by molar-refractivity contribution is 5.32. The summed E-state index contributed by atoms with van der Waals surface area (Å²) in [6.45, 7) is 0. The average Bonchev–Trinajstić information content (AvgIpc) is 2.65. The highest BCUT2D eigenvalue weighted by atomic mass is 16.5. The summed E-state index contributed by atoms with van der Waals surface area (Å²) in [7, 11) is 0. The van der Waals surface area contributed by atoms with E-state index < -0.39 is 0 Å². The maximum absolute atomic E-state index is 5.95. The predicted octanol–water partition coefficient (Wildman–Crippen LogP) is 1.30. The SMILES string of the molecule is Nc1cc(C(N)c2ccccc2)no1. The molecule has 1 atom stereocenters. The van der Waals surface area contributed by atoms with Gasteiger partial charge in [0.15, 0.2) is 0 Å². The zero-order valence-electron chi connectivity index (χ0n) is 7.55. The van der Waals surface area contributed by atoms with Crippen molar-refractivity contribution in [1.29, 1.82) is 0 Å². The molecule has 1 unspecified atom stereocenters. The van der Waals surface area contributed by atoms with E-state index in [4.69, 9.17) is 16.0 Å². The Morgan fingerprint density at radius 1 is 1.21 bits per heavy atom. The molecule has 72 valence electrons. The van der Waals surface area contributed by atoms with Gasteiger partial charge in [-0.1, -0.05) is 35.5 Å². The third-order valence-corrected chi connectivity index (χ3v) is 2.02. The van der Waals surface area contributed by atoms with Crippen LogP contribution in [0.4, 0.5) is 5.88 Å². The van der Waals surface area contributed by atoms with Crippen molar-refractivity contribution >= 4 is 5.88 Å². The first-order chi connectivity index (χ1) is 6.77. The van der Waals surface area contributed by atoms with Crippen LogP contribution in [0.5, 0.6) is 0 Å². The molecule has 0 saturated heterocycles. The van der Waals surface area contributed by atoms with E-state index in [2.05, 4.69) is 5.16 Å². The molecular weight excluding hydrogens is 178 g/mol. The Morgan fingerprint density at radius 2 is 1.93 bits per heavy atom. The van der Waals surface area contributed by atoms with E-state index in [-0.39, 0.29) is 11.9 Å². The Balaban J connectivity index is 2.29. The lowest BCUT2D eigenvalue weighted by atomic mass is 10.1. The minimum absolute atomic E-state index is 0.280. The minimum atomic E-state index is -0.280. The van der Waals surface area contributed by atoms with Gasteiger partial charge in [-0.05, 0) is 5.56 Å². The van der Waals surface area contributed by atoms with E-state index in [1.165, 1.54) is 0 Å². The maximum atomic E-state index is 5.95. The second-order valence-electron chi connectivity index (χ2n) is 3.04. The van der Waals surface area contributed by atoms with Crippen LogP contribution in [-0.2, 0) is 0 Å². The third kappa shape index (κ3) is 1.60. The van der Waals surface area contributed by atoms with Crippen LogP contribution in [0, 0.1) is 0 Å². The quantitative estimate of drug-likeness (QED) is 0.746. The van der Waals surface area contributed by atoms with Gasteiger partial charge in [0.25, 0.3) is 0 Å². The molecule has 0 radical (unpaired) electrons. The highest BCUT2D eigenvalue weighted by Crippen LogP contribution is 2.19. The fraction of sp³-hybridized carbons (Fsp3) is 0.100. The molecule has 1 aromatic carbocycles. The predicted molar refractivity (Wildman–Crippen MR) is 53.4 cm³/mol. The average molecular weight is 189 g/mol. The van der Waals surface area contributed by atoms with Gasteiger partial charge in [0.1, 0.15) is 5.69 Å². The first-order valence-corrected chi connectivity index (χ1v) is 4.30. The van der Waals surface area contributed by atoms with Crippen molar-refractivity contribution in [2.45, 2.75) is 6.04 Å².